The van der Waals surface area contributed by atoms with Crippen LogP contribution in [0.4, 0.5) is 6.01 Å². The van der Waals surface area contributed by atoms with Gasteiger partial charge < -0.3 is 10.2 Å². The third-order valence-electron chi connectivity index (χ3n) is 2.99. The molecule has 1 aromatic rings. The maximum Gasteiger partial charge on any atom is 0.322 e. The van der Waals surface area contributed by atoms with Gasteiger partial charge in [-0.15, -0.1) is 5.10 Å². The summed E-state index contributed by atoms with van der Waals surface area (Å²) in [4.78, 5) is 11.7. The predicted molar refractivity (Wildman–Crippen MR) is 68.9 cm³/mol. The molecule has 0 aromatic carbocycles. The Kier molecular flexibility index (Phi) is 5.77. The van der Waals surface area contributed by atoms with Crippen LogP contribution in [0.15, 0.2) is 4.42 Å². The summed E-state index contributed by atoms with van der Waals surface area (Å²) < 4.78 is 5.08. The van der Waals surface area contributed by atoms with Gasteiger partial charge in [0, 0.05) is 13.3 Å². The van der Waals surface area contributed by atoms with E-state index in [0.717, 1.165) is 12.8 Å². The second-order valence-corrected chi connectivity index (χ2v) is 4.79. The molecule has 1 atom stereocenters. The van der Waals surface area contributed by atoms with Crippen molar-refractivity contribution in [3.63, 3.8) is 0 Å². The number of hydrogen-bond donors (Lipinski definition) is 2. The van der Waals surface area contributed by atoms with Crippen molar-refractivity contribution in [2.45, 2.75) is 40.0 Å². The second-order valence-electron chi connectivity index (χ2n) is 4.79. The Bertz CT molecular complexity index is 376. The quantitative estimate of drug-likeness (QED) is 0.772. The van der Waals surface area contributed by atoms with Gasteiger partial charge in [-0.2, -0.15) is 0 Å². The first-order valence-electron chi connectivity index (χ1n) is 6.33. The minimum atomic E-state index is -0.0960. The average Bonchev–Trinajstić information content (AvgIpc) is 2.69. The molecular formula is C12H22N4O2. The maximum absolute atomic E-state index is 11.7. The van der Waals surface area contributed by atoms with Gasteiger partial charge in [-0.1, -0.05) is 18.9 Å². The van der Waals surface area contributed by atoms with Crippen molar-refractivity contribution in [1.82, 2.24) is 10.2 Å². The highest BCUT2D eigenvalue weighted by molar-refractivity contribution is 5.88. The van der Waals surface area contributed by atoms with E-state index in [9.17, 15) is 4.79 Å². The number of hydrogen-bond acceptors (Lipinski definition) is 5. The summed E-state index contributed by atoms with van der Waals surface area (Å²) in [6.07, 6.45) is 2.22. The van der Waals surface area contributed by atoms with Crippen LogP contribution in [0.2, 0.25) is 0 Å². The summed E-state index contributed by atoms with van der Waals surface area (Å²) >= 11 is 0. The summed E-state index contributed by atoms with van der Waals surface area (Å²) in [7, 11) is 0. The van der Waals surface area contributed by atoms with E-state index in [1.807, 2.05) is 0 Å². The fraction of sp³-hybridized carbons (Fsp3) is 0.750. The Morgan fingerprint density at radius 2 is 2.11 bits per heavy atom. The molecule has 1 unspecified atom stereocenters. The Hall–Kier alpha value is -1.43. The summed E-state index contributed by atoms with van der Waals surface area (Å²) in [5.41, 5.74) is 5.57. The zero-order chi connectivity index (χ0) is 13.5. The number of aryl methyl sites for hydroxylation is 1. The molecule has 0 aliphatic carbocycles. The van der Waals surface area contributed by atoms with Crippen LogP contribution in [0.1, 0.15) is 39.0 Å². The first kappa shape index (κ1) is 14.6. The number of rotatable bonds is 7. The normalized spacial score (nSPS) is 12.7. The fourth-order valence-electron chi connectivity index (χ4n) is 1.87. The van der Waals surface area contributed by atoms with Gasteiger partial charge in [-0.25, -0.2) is 0 Å². The second kappa shape index (κ2) is 7.10. The molecule has 0 aliphatic heterocycles. The van der Waals surface area contributed by atoms with Crippen LogP contribution in [-0.4, -0.2) is 22.6 Å². The molecule has 102 valence electrons. The van der Waals surface area contributed by atoms with E-state index in [-0.39, 0.29) is 11.9 Å². The SMILES string of the molecule is Cc1nnc(NC(=O)CCC(CCN)C(C)C)o1. The van der Waals surface area contributed by atoms with Gasteiger partial charge in [0.05, 0.1) is 0 Å². The van der Waals surface area contributed by atoms with Crippen molar-refractivity contribution < 1.29 is 9.21 Å². The lowest BCUT2D eigenvalue weighted by Crippen LogP contribution is -2.18. The highest BCUT2D eigenvalue weighted by atomic mass is 16.4. The molecule has 0 spiro atoms. The van der Waals surface area contributed by atoms with E-state index in [0.29, 0.717) is 30.7 Å². The highest BCUT2D eigenvalue weighted by Crippen LogP contribution is 2.20. The Morgan fingerprint density at radius 1 is 1.39 bits per heavy atom. The summed E-state index contributed by atoms with van der Waals surface area (Å²) in [5, 5.41) is 9.95. The minimum Gasteiger partial charge on any atom is -0.408 e. The molecule has 0 saturated carbocycles. The number of aromatic nitrogens is 2. The first-order valence-corrected chi connectivity index (χ1v) is 6.33. The molecule has 6 heteroatoms. The number of carbonyl (C=O) groups excluding carboxylic acids is 1. The molecule has 1 heterocycles. The van der Waals surface area contributed by atoms with Gasteiger partial charge >= 0.3 is 6.01 Å². The Morgan fingerprint density at radius 3 is 2.61 bits per heavy atom. The van der Waals surface area contributed by atoms with Crippen LogP contribution in [0, 0.1) is 18.8 Å². The maximum atomic E-state index is 11.7. The summed E-state index contributed by atoms with van der Waals surface area (Å²) in [5.74, 6) is 1.35. The number of nitrogens with zero attached hydrogens (tertiary/aromatic N) is 2. The highest BCUT2D eigenvalue weighted by Gasteiger charge is 2.15. The molecule has 3 N–H and O–H groups in total. The summed E-state index contributed by atoms with van der Waals surface area (Å²) in [6, 6.07) is 0.164. The number of carbonyl (C=O) groups is 1. The Labute approximate surface area is 107 Å². The van der Waals surface area contributed by atoms with Crippen molar-refractivity contribution in [2.75, 3.05) is 11.9 Å². The molecule has 0 bridgehead atoms. The summed E-state index contributed by atoms with van der Waals surface area (Å²) in [6.45, 7) is 6.64. The molecule has 1 rings (SSSR count). The monoisotopic (exact) mass is 254 g/mol. The number of amides is 1. The average molecular weight is 254 g/mol. The molecule has 1 aromatic heterocycles. The van der Waals surface area contributed by atoms with Gasteiger partial charge in [-0.3, -0.25) is 10.1 Å². The Balaban J connectivity index is 2.35. The van der Waals surface area contributed by atoms with Gasteiger partial charge in [-0.05, 0) is 31.2 Å². The van der Waals surface area contributed by atoms with Crippen molar-refractivity contribution in [1.29, 1.82) is 0 Å². The molecule has 0 aliphatic rings. The molecule has 0 fully saturated rings. The molecule has 0 saturated heterocycles. The molecule has 1 amide bonds. The smallest absolute Gasteiger partial charge is 0.322 e. The van der Waals surface area contributed by atoms with Crippen molar-refractivity contribution in [3.8, 4) is 0 Å². The van der Waals surface area contributed by atoms with Gasteiger partial charge in [0.25, 0.3) is 0 Å². The van der Waals surface area contributed by atoms with Gasteiger partial charge in [0.15, 0.2) is 0 Å². The predicted octanol–water partition coefficient (Wildman–Crippen LogP) is 1.72. The van der Waals surface area contributed by atoms with Crippen molar-refractivity contribution >= 4 is 11.9 Å². The zero-order valence-electron chi connectivity index (χ0n) is 11.3. The van der Waals surface area contributed by atoms with Crippen LogP contribution in [0.25, 0.3) is 0 Å². The number of nitrogens with two attached hydrogens (primary N) is 1. The van der Waals surface area contributed by atoms with E-state index >= 15 is 0 Å². The van der Waals surface area contributed by atoms with Crippen molar-refractivity contribution in [3.05, 3.63) is 5.89 Å². The third-order valence-corrected chi connectivity index (χ3v) is 2.99. The van der Waals surface area contributed by atoms with Crippen LogP contribution in [0.5, 0.6) is 0 Å². The van der Waals surface area contributed by atoms with Gasteiger partial charge in [0.1, 0.15) is 0 Å². The van der Waals surface area contributed by atoms with Crippen LogP contribution >= 0.6 is 0 Å². The van der Waals surface area contributed by atoms with E-state index in [1.54, 1.807) is 6.92 Å². The number of anilines is 1. The standard InChI is InChI=1S/C12H22N4O2/c1-8(2)10(6-7-13)4-5-11(17)14-12-16-15-9(3)18-12/h8,10H,4-7,13H2,1-3H3,(H,14,16,17). The van der Waals surface area contributed by atoms with Crippen LogP contribution < -0.4 is 11.1 Å². The lowest BCUT2D eigenvalue weighted by Gasteiger charge is -2.19. The third kappa shape index (κ3) is 4.83. The topological polar surface area (TPSA) is 94.0 Å². The molecule has 0 radical (unpaired) electrons. The zero-order valence-corrected chi connectivity index (χ0v) is 11.3. The van der Waals surface area contributed by atoms with Crippen LogP contribution in [-0.2, 0) is 4.79 Å². The van der Waals surface area contributed by atoms with E-state index in [4.69, 9.17) is 10.2 Å². The molecular weight excluding hydrogens is 232 g/mol. The molecule has 6 nitrogen and oxygen atoms in total. The van der Waals surface area contributed by atoms with Gasteiger partial charge in [0.2, 0.25) is 11.8 Å². The molecule has 18 heavy (non-hydrogen) atoms. The lowest BCUT2D eigenvalue weighted by molar-refractivity contribution is -0.116. The van der Waals surface area contributed by atoms with E-state index in [2.05, 4.69) is 29.4 Å². The minimum absolute atomic E-state index is 0.0960. The van der Waals surface area contributed by atoms with E-state index in [1.165, 1.54) is 0 Å². The fourth-order valence-corrected chi connectivity index (χ4v) is 1.87. The lowest BCUT2D eigenvalue weighted by atomic mass is 9.88. The van der Waals surface area contributed by atoms with Crippen molar-refractivity contribution in [2.24, 2.45) is 17.6 Å². The first-order chi connectivity index (χ1) is 8.52. The van der Waals surface area contributed by atoms with E-state index < -0.39 is 0 Å². The number of nitrogens with one attached hydrogen (secondary N) is 1. The van der Waals surface area contributed by atoms with Crippen LogP contribution in [0.3, 0.4) is 0 Å². The largest absolute Gasteiger partial charge is 0.408 e.